The fourth-order valence-electron chi connectivity index (χ4n) is 4.58. The normalized spacial score (nSPS) is 14.6. The second-order valence-electron chi connectivity index (χ2n) is 8.69. The zero-order valence-corrected chi connectivity index (χ0v) is 18.4. The van der Waals surface area contributed by atoms with E-state index in [-0.39, 0.29) is 22.9 Å². The minimum Gasteiger partial charge on any atom is -0.349 e. The highest BCUT2D eigenvalue weighted by atomic mass is 19.2. The molecular formula is C25H25F2N5O. The highest BCUT2D eigenvalue weighted by Gasteiger charge is 2.23. The zero-order valence-electron chi connectivity index (χ0n) is 18.4. The molecule has 3 aromatic heterocycles. The van der Waals surface area contributed by atoms with E-state index in [0.717, 1.165) is 48.6 Å². The predicted molar refractivity (Wildman–Crippen MR) is 122 cm³/mol. The summed E-state index contributed by atoms with van der Waals surface area (Å²) in [5, 5.41) is 7.20. The van der Waals surface area contributed by atoms with Gasteiger partial charge in [-0.15, -0.1) is 0 Å². The van der Waals surface area contributed by atoms with Crippen LogP contribution in [0, 0.1) is 11.6 Å². The Morgan fingerprint density at radius 1 is 1.09 bits per heavy atom. The summed E-state index contributed by atoms with van der Waals surface area (Å²) in [5.74, 6) is -2.32. The van der Waals surface area contributed by atoms with E-state index in [4.69, 9.17) is 0 Å². The van der Waals surface area contributed by atoms with Crippen molar-refractivity contribution in [3.63, 3.8) is 0 Å². The number of halogens is 2. The van der Waals surface area contributed by atoms with Crippen LogP contribution in [0.3, 0.4) is 0 Å². The monoisotopic (exact) mass is 449 g/mol. The molecule has 1 aliphatic rings. The molecule has 0 atom stereocenters. The number of benzene rings is 1. The Kier molecular flexibility index (Phi) is 5.66. The maximum Gasteiger partial charge on any atom is 0.253 e. The molecule has 0 aliphatic heterocycles. The van der Waals surface area contributed by atoms with Gasteiger partial charge < -0.3 is 9.88 Å². The van der Waals surface area contributed by atoms with Crippen molar-refractivity contribution in [1.29, 1.82) is 0 Å². The summed E-state index contributed by atoms with van der Waals surface area (Å²) in [6, 6.07) is 6.52. The average Bonchev–Trinajstić information content (AvgIpc) is 3.42. The molecule has 1 fully saturated rings. The Morgan fingerprint density at radius 2 is 1.91 bits per heavy atom. The molecule has 1 amide bonds. The molecule has 1 N–H and O–H groups in total. The van der Waals surface area contributed by atoms with Gasteiger partial charge in [-0.1, -0.05) is 25.3 Å². The van der Waals surface area contributed by atoms with E-state index in [9.17, 15) is 13.6 Å². The number of hydrogen-bond donors (Lipinski definition) is 1. The minimum absolute atomic E-state index is 0.0169. The molecule has 5 rings (SSSR count). The van der Waals surface area contributed by atoms with Crippen LogP contribution in [0.5, 0.6) is 0 Å². The number of pyridine rings is 1. The van der Waals surface area contributed by atoms with Gasteiger partial charge in [-0.05, 0) is 36.6 Å². The smallest absolute Gasteiger partial charge is 0.253 e. The number of nitrogens with zero attached hydrogens (tertiary/aromatic N) is 4. The quantitative estimate of drug-likeness (QED) is 0.475. The SMILES string of the molecule is Cn1cc(-c2ccc(Cn3cc(C(=O)NC4CCCCC4)c4c(F)c(F)ccc43)cn2)cn1. The third-order valence-corrected chi connectivity index (χ3v) is 6.30. The van der Waals surface area contributed by atoms with Gasteiger partial charge in [0, 0.05) is 43.8 Å². The van der Waals surface area contributed by atoms with Gasteiger partial charge in [-0.25, -0.2) is 8.78 Å². The van der Waals surface area contributed by atoms with Crippen LogP contribution in [-0.2, 0) is 13.6 Å². The lowest BCUT2D eigenvalue weighted by atomic mass is 9.95. The first kappa shape index (κ1) is 21.3. The molecule has 0 bridgehead atoms. The summed E-state index contributed by atoms with van der Waals surface area (Å²) >= 11 is 0. The fraction of sp³-hybridized carbons (Fsp3) is 0.320. The maximum absolute atomic E-state index is 14.8. The van der Waals surface area contributed by atoms with E-state index in [2.05, 4.69) is 15.4 Å². The molecule has 4 aromatic rings. The van der Waals surface area contributed by atoms with Gasteiger partial charge in [0.1, 0.15) is 0 Å². The van der Waals surface area contributed by atoms with E-state index in [1.807, 2.05) is 25.4 Å². The second kappa shape index (κ2) is 8.77. The van der Waals surface area contributed by atoms with Gasteiger partial charge in [0.25, 0.3) is 5.91 Å². The second-order valence-corrected chi connectivity index (χ2v) is 8.69. The summed E-state index contributed by atoms with van der Waals surface area (Å²) in [6.45, 7) is 0.374. The lowest BCUT2D eigenvalue weighted by Gasteiger charge is -2.22. The molecule has 0 unspecified atom stereocenters. The van der Waals surface area contributed by atoms with Gasteiger partial charge in [0.2, 0.25) is 0 Å². The van der Waals surface area contributed by atoms with Crippen LogP contribution in [0.25, 0.3) is 22.2 Å². The molecule has 8 heteroatoms. The molecule has 1 saturated carbocycles. The molecule has 1 aliphatic carbocycles. The van der Waals surface area contributed by atoms with Gasteiger partial charge in [0.05, 0.1) is 28.4 Å². The van der Waals surface area contributed by atoms with Gasteiger partial charge in [-0.2, -0.15) is 5.10 Å². The number of rotatable bonds is 5. The first-order valence-corrected chi connectivity index (χ1v) is 11.2. The largest absolute Gasteiger partial charge is 0.349 e. The van der Waals surface area contributed by atoms with E-state index in [1.165, 1.54) is 12.5 Å². The van der Waals surface area contributed by atoms with Crippen LogP contribution in [0.1, 0.15) is 48.0 Å². The van der Waals surface area contributed by atoms with Crippen molar-refractivity contribution >= 4 is 16.8 Å². The summed E-state index contributed by atoms with van der Waals surface area (Å²) < 4.78 is 32.4. The highest BCUT2D eigenvalue weighted by Crippen LogP contribution is 2.28. The third kappa shape index (κ3) is 4.25. The van der Waals surface area contributed by atoms with Crippen LogP contribution in [0.15, 0.2) is 49.1 Å². The molecule has 0 radical (unpaired) electrons. The first-order valence-electron chi connectivity index (χ1n) is 11.2. The van der Waals surface area contributed by atoms with E-state index in [1.54, 1.807) is 27.8 Å². The molecule has 6 nitrogen and oxygen atoms in total. The maximum atomic E-state index is 14.8. The standard InChI is InChI=1S/C25H25F2N5O/c1-31-14-17(12-29-31)21-9-7-16(11-28-21)13-32-15-19(23-22(32)10-8-20(26)24(23)27)25(33)30-18-5-3-2-4-6-18/h7-12,14-15,18H,2-6,13H2,1H3,(H,30,33). The number of carbonyl (C=O) groups excluding carboxylic acids is 1. The van der Waals surface area contributed by atoms with Crippen molar-refractivity contribution in [2.75, 3.05) is 0 Å². The number of carbonyl (C=O) groups is 1. The Bertz CT molecular complexity index is 1300. The lowest BCUT2D eigenvalue weighted by molar-refractivity contribution is 0.0929. The van der Waals surface area contributed by atoms with Gasteiger partial charge >= 0.3 is 0 Å². The Labute approximate surface area is 190 Å². The number of amides is 1. The number of aromatic nitrogens is 4. The average molecular weight is 450 g/mol. The van der Waals surface area contributed by atoms with Crippen molar-refractivity contribution < 1.29 is 13.6 Å². The van der Waals surface area contributed by atoms with Crippen LogP contribution >= 0.6 is 0 Å². The number of fused-ring (bicyclic) bond motifs is 1. The fourth-order valence-corrected chi connectivity index (χ4v) is 4.58. The summed E-state index contributed by atoms with van der Waals surface area (Å²) in [7, 11) is 1.85. The summed E-state index contributed by atoms with van der Waals surface area (Å²) in [5.41, 5.74) is 3.22. The number of nitrogens with one attached hydrogen (secondary N) is 1. The van der Waals surface area contributed by atoms with E-state index < -0.39 is 11.6 Å². The topological polar surface area (TPSA) is 64.7 Å². The molecule has 0 spiro atoms. The Balaban J connectivity index is 1.45. The van der Waals surface area contributed by atoms with Crippen LogP contribution in [0.4, 0.5) is 8.78 Å². The zero-order chi connectivity index (χ0) is 22.9. The Hall–Kier alpha value is -3.55. The lowest BCUT2D eigenvalue weighted by Crippen LogP contribution is -2.36. The molecule has 1 aromatic carbocycles. The van der Waals surface area contributed by atoms with Crippen molar-refractivity contribution in [3.8, 4) is 11.3 Å². The van der Waals surface area contributed by atoms with Gasteiger partial charge in [0.15, 0.2) is 11.6 Å². The number of hydrogen-bond acceptors (Lipinski definition) is 3. The summed E-state index contributed by atoms with van der Waals surface area (Å²) in [6.07, 6.45) is 12.1. The highest BCUT2D eigenvalue weighted by molar-refractivity contribution is 6.07. The minimum atomic E-state index is -0.995. The number of aryl methyl sites for hydroxylation is 1. The van der Waals surface area contributed by atoms with E-state index >= 15 is 0 Å². The summed E-state index contributed by atoms with van der Waals surface area (Å²) in [4.78, 5) is 17.5. The predicted octanol–water partition coefficient (Wildman–Crippen LogP) is 4.83. The van der Waals surface area contributed by atoms with Crippen molar-refractivity contribution in [3.05, 3.63) is 71.8 Å². The molecule has 3 heterocycles. The van der Waals surface area contributed by atoms with Crippen molar-refractivity contribution in [2.24, 2.45) is 7.05 Å². The van der Waals surface area contributed by atoms with Crippen LogP contribution in [-0.4, -0.2) is 31.3 Å². The van der Waals surface area contributed by atoms with E-state index in [0.29, 0.717) is 12.1 Å². The molecule has 170 valence electrons. The molecule has 33 heavy (non-hydrogen) atoms. The van der Waals surface area contributed by atoms with Crippen molar-refractivity contribution in [1.82, 2.24) is 24.6 Å². The van der Waals surface area contributed by atoms with Gasteiger partial charge in [-0.3, -0.25) is 14.5 Å². The van der Waals surface area contributed by atoms with Crippen LogP contribution < -0.4 is 5.32 Å². The molecule has 0 saturated heterocycles. The third-order valence-electron chi connectivity index (χ3n) is 6.30. The first-order chi connectivity index (χ1) is 16.0. The van der Waals surface area contributed by atoms with Crippen molar-refractivity contribution in [2.45, 2.75) is 44.7 Å². The Morgan fingerprint density at radius 3 is 2.61 bits per heavy atom. The van der Waals surface area contributed by atoms with Crippen LogP contribution in [0.2, 0.25) is 0 Å². The molecular weight excluding hydrogens is 424 g/mol.